The maximum atomic E-state index is 12.4. The SMILES string of the molecule is C[C@@H](O)[C@H](NC(=O)c1ccc(C#CC#Cc2ccc(NC(=O)CCC3CCCCCC3)cc2)cc1)C(=O)CO. The first-order chi connectivity index (χ1) is 18.9. The fourth-order valence-electron chi connectivity index (χ4n) is 4.55. The number of aliphatic hydroxyl groups is 2. The van der Waals surface area contributed by atoms with E-state index in [4.69, 9.17) is 5.11 Å². The maximum Gasteiger partial charge on any atom is 0.251 e. The lowest BCUT2D eigenvalue weighted by Crippen LogP contribution is -2.48. The lowest BCUT2D eigenvalue weighted by molar-refractivity contribution is -0.126. The van der Waals surface area contributed by atoms with E-state index in [-0.39, 0.29) is 5.91 Å². The van der Waals surface area contributed by atoms with Gasteiger partial charge in [-0.05, 0) is 79.6 Å². The molecule has 3 rings (SSSR count). The van der Waals surface area contributed by atoms with Gasteiger partial charge in [-0.3, -0.25) is 14.4 Å². The van der Waals surface area contributed by atoms with Crippen molar-refractivity contribution in [1.29, 1.82) is 0 Å². The highest BCUT2D eigenvalue weighted by molar-refractivity contribution is 5.98. The van der Waals surface area contributed by atoms with Crippen LogP contribution in [-0.4, -0.2) is 46.6 Å². The van der Waals surface area contributed by atoms with Crippen LogP contribution < -0.4 is 10.6 Å². The number of nitrogens with one attached hydrogen (secondary N) is 2. The van der Waals surface area contributed by atoms with Gasteiger partial charge < -0.3 is 20.8 Å². The molecule has 2 amide bonds. The summed E-state index contributed by atoms with van der Waals surface area (Å²) in [6, 6.07) is 12.6. The molecule has 0 spiro atoms. The zero-order valence-electron chi connectivity index (χ0n) is 22.3. The Kier molecular flexibility index (Phi) is 11.8. The van der Waals surface area contributed by atoms with Crippen molar-refractivity contribution in [3.8, 4) is 23.7 Å². The molecular formula is C32H36N2O5. The summed E-state index contributed by atoms with van der Waals surface area (Å²) in [6.45, 7) is 0.594. The van der Waals surface area contributed by atoms with Gasteiger partial charge in [0.05, 0.1) is 6.10 Å². The van der Waals surface area contributed by atoms with Crippen LogP contribution in [0.25, 0.3) is 0 Å². The molecule has 2 atom stereocenters. The van der Waals surface area contributed by atoms with Crippen LogP contribution in [0.1, 0.15) is 79.8 Å². The molecule has 0 heterocycles. The number of hydrogen-bond acceptors (Lipinski definition) is 5. The van der Waals surface area contributed by atoms with Gasteiger partial charge >= 0.3 is 0 Å². The molecule has 1 fully saturated rings. The number of hydrogen-bond donors (Lipinski definition) is 4. The number of rotatable bonds is 9. The molecule has 1 aliphatic carbocycles. The monoisotopic (exact) mass is 528 g/mol. The molecule has 0 saturated heterocycles. The molecule has 2 aromatic rings. The molecule has 0 aromatic heterocycles. The number of anilines is 1. The third kappa shape index (κ3) is 10.1. The molecule has 7 nitrogen and oxygen atoms in total. The van der Waals surface area contributed by atoms with Crippen LogP contribution in [0.4, 0.5) is 5.69 Å². The van der Waals surface area contributed by atoms with Crippen LogP contribution in [-0.2, 0) is 9.59 Å². The van der Waals surface area contributed by atoms with Crippen molar-refractivity contribution in [3.63, 3.8) is 0 Å². The summed E-state index contributed by atoms with van der Waals surface area (Å²) in [4.78, 5) is 36.4. The van der Waals surface area contributed by atoms with Gasteiger partial charge in [0.2, 0.25) is 5.91 Å². The van der Waals surface area contributed by atoms with E-state index in [9.17, 15) is 19.5 Å². The molecule has 4 N–H and O–H groups in total. The predicted octanol–water partition coefficient (Wildman–Crippen LogP) is 3.82. The summed E-state index contributed by atoms with van der Waals surface area (Å²) in [5, 5.41) is 24.1. The van der Waals surface area contributed by atoms with Crippen LogP contribution in [0.15, 0.2) is 48.5 Å². The molecule has 1 saturated carbocycles. The third-order valence-electron chi connectivity index (χ3n) is 6.82. The van der Waals surface area contributed by atoms with Crippen molar-refractivity contribution < 1.29 is 24.6 Å². The van der Waals surface area contributed by atoms with E-state index in [1.807, 2.05) is 24.3 Å². The Morgan fingerprint density at radius 2 is 1.46 bits per heavy atom. The molecule has 0 unspecified atom stereocenters. The van der Waals surface area contributed by atoms with Gasteiger partial charge in [0.1, 0.15) is 12.6 Å². The van der Waals surface area contributed by atoms with Crippen molar-refractivity contribution in [2.45, 2.75) is 70.4 Å². The number of Topliss-reactive ketones (excluding diaryl/α,β-unsaturated/α-hetero) is 1. The number of carbonyl (C=O) groups is 3. The van der Waals surface area contributed by atoms with E-state index in [2.05, 4.69) is 34.3 Å². The fraction of sp³-hybridized carbons (Fsp3) is 0.406. The normalized spacial score (nSPS) is 14.8. The number of carbonyl (C=O) groups excluding carboxylic acids is 3. The number of amides is 2. The van der Waals surface area contributed by atoms with E-state index >= 15 is 0 Å². The highest BCUT2D eigenvalue weighted by Crippen LogP contribution is 2.26. The van der Waals surface area contributed by atoms with Gasteiger partial charge in [-0.25, -0.2) is 0 Å². The largest absolute Gasteiger partial charge is 0.391 e. The average molecular weight is 529 g/mol. The molecule has 0 bridgehead atoms. The lowest BCUT2D eigenvalue weighted by Gasteiger charge is -2.19. The molecule has 1 aliphatic rings. The van der Waals surface area contributed by atoms with Gasteiger partial charge in [-0.1, -0.05) is 50.4 Å². The van der Waals surface area contributed by atoms with Gasteiger partial charge in [-0.15, -0.1) is 0 Å². The second kappa shape index (κ2) is 15.5. The third-order valence-corrected chi connectivity index (χ3v) is 6.82. The van der Waals surface area contributed by atoms with Crippen LogP contribution in [0.2, 0.25) is 0 Å². The molecule has 7 heteroatoms. The zero-order valence-corrected chi connectivity index (χ0v) is 22.3. The van der Waals surface area contributed by atoms with Crippen molar-refractivity contribution >= 4 is 23.3 Å². The Bertz CT molecular complexity index is 1240. The van der Waals surface area contributed by atoms with E-state index in [0.717, 1.165) is 17.7 Å². The summed E-state index contributed by atoms with van der Waals surface area (Å²) >= 11 is 0. The Hall–Kier alpha value is -3.91. The summed E-state index contributed by atoms with van der Waals surface area (Å²) < 4.78 is 0. The summed E-state index contributed by atoms with van der Waals surface area (Å²) in [6.07, 6.45) is 8.08. The number of ketones is 1. The first kappa shape index (κ1) is 29.6. The summed E-state index contributed by atoms with van der Waals surface area (Å²) in [5.74, 6) is 11.0. The highest BCUT2D eigenvalue weighted by Gasteiger charge is 2.25. The topological polar surface area (TPSA) is 116 Å². The first-order valence-electron chi connectivity index (χ1n) is 13.5. The summed E-state index contributed by atoms with van der Waals surface area (Å²) in [7, 11) is 0. The minimum atomic E-state index is -1.18. The minimum absolute atomic E-state index is 0.0499. The van der Waals surface area contributed by atoms with Crippen molar-refractivity contribution in [2.75, 3.05) is 11.9 Å². The molecular weight excluding hydrogens is 492 g/mol. The van der Waals surface area contributed by atoms with Crippen LogP contribution >= 0.6 is 0 Å². The standard InChI is InChI=1S/C32H36N2O5/c1-23(36)31(29(37)22-35)34-32(39)27-17-12-25(13-18-27)10-6-7-11-26-14-19-28(20-15-26)33-30(38)21-16-24-8-4-2-3-5-9-24/h12-15,17-20,23-24,31,35-36H,2-5,8-9,16,21-22H2,1H3,(H,33,38)(H,34,39)/t23-,31+/m1/s1. The van der Waals surface area contributed by atoms with Crippen molar-refractivity contribution in [3.05, 3.63) is 65.2 Å². The van der Waals surface area contributed by atoms with E-state index in [1.54, 1.807) is 24.3 Å². The average Bonchev–Trinajstić information content (AvgIpc) is 3.22. The second-order valence-corrected chi connectivity index (χ2v) is 9.92. The van der Waals surface area contributed by atoms with Crippen LogP contribution in [0, 0.1) is 29.6 Å². The van der Waals surface area contributed by atoms with Gasteiger partial charge in [0, 0.05) is 28.8 Å². The predicted molar refractivity (Wildman–Crippen MR) is 151 cm³/mol. The van der Waals surface area contributed by atoms with E-state index in [1.165, 1.54) is 45.4 Å². The number of aliphatic hydroxyl groups excluding tert-OH is 2. The Morgan fingerprint density at radius 1 is 0.897 bits per heavy atom. The maximum absolute atomic E-state index is 12.4. The smallest absolute Gasteiger partial charge is 0.251 e. The van der Waals surface area contributed by atoms with Crippen molar-refractivity contribution in [2.24, 2.45) is 5.92 Å². The van der Waals surface area contributed by atoms with Gasteiger partial charge in [-0.2, -0.15) is 0 Å². The van der Waals surface area contributed by atoms with Crippen LogP contribution in [0.3, 0.4) is 0 Å². The van der Waals surface area contributed by atoms with Gasteiger partial charge in [0.25, 0.3) is 5.91 Å². The van der Waals surface area contributed by atoms with E-state index < -0.39 is 30.4 Å². The minimum Gasteiger partial charge on any atom is -0.391 e. The second-order valence-electron chi connectivity index (χ2n) is 9.92. The van der Waals surface area contributed by atoms with Crippen LogP contribution in [0.5, 0.6) is 0 Å². The molecule has 39 heavy (non-hydrogen) atoms. The number of benzene rings is 2. The quantitative estimate of drug-likeness (QED) is 0.292. The fourth-order valence-corrected chi connectivity index (χ4v) is 4.55. The molecule has 0 aliphatic heterocycles. The van der Waals surface area contributed by atoms with E-state index in [0.29, 0.717) is 23.5 Å². The highest BCUT2D eigenvalue weighted by atomic mass is 16.3. The first-order valence-corrected chi connectivity index (χ1v) is 13.5. The summed E-state index contributed by atoms with van der Waals surface area (Å²) in [5.41, 5.74) is 2.47. The van der Waals surface area contributed by atoms with Crippen molar-refractivity contribution in [1.82, 2.24) is 5.32 Å². The lowest BCUT2D eigenvalue weighted by atomic mass is 9.95. The Labute approximate surface area is 230 Å². The zero-order chi connectivity index (χ0) is 28.0. The Balaban J connectivity index is 1.48. The van der Waals surface area contributed by atoms with Gasteiger partial charge in [0.15, 0.2) is 5.78 Å². The molecule has 0 radical (unpaired) electrons. The molecule has 204 valence electrons. The molecule has 2 aromatic carbocycles. The Morgan fingerprint density at radius 3 is 2.00 bits per heavy atom.